The van der Waals surface area contributed by atoms with E-state index >= 15 is 0 Å². The summed E-state index contributed by atoms with van der Waals surface area (Å²) in [6.07, 6.45) is 1.22. The lowest BCUT2D eigenvalue weighted by Gasteiger charge is -2.49. The lowest BCUT2D eigenvalue weighted by molar-refractivity contribution is -0.199. The first-order valence-electron chi connectivity index (χ1n) is 6.56. The number of hydrogen-bond acceptors (Lipinski definition) is 4. The smallest absolute Gasteiger partial charge is 0.330 e. The monoisotopic (exact) mass is 284 g/mol. The molecule has 0 aromatic carbocycles. The molecule has 6 nitrogen and oxygen atoms in total. The number of ether oxygens (including phenoxy) is 1. The van der Waals surface area contributed by atoms with Gasteiger partial charge in [-0.05, 0) is 32.6 Å². The number of carboxylic acids is 2. The molecule has 1 aliphatic rings. The highest BCUT2D eigenvalue weighted by Crippen LogP contribution is 2.54. The van der Waals surface area contributed by atoms with Crippen LogP contribution in [0.5, 0.6) is 0 Å². The van der Waals surface area contributed by atoms with Crippen molar-refractivity contribution in [1.82, 2.24) is 0 Å². The summed E-state index contributed by atoms with van der Waals surface area (Å²) in [6.45, 7) is 6.27. The fraction of sp³-hybridized carbons (Fsp3) is 0.643. The van der Waals surface area contributed by atoms with Gasteiger partial charge in [0.2, 0.25) is 0 Å². The van der Waals surface area contributed by atoms with Gasteiger partial charge in [0.1, 0.15) is 11.5 Å². The zero-order valence-corrected chi connectivity index (χ0v) is 11.7. The van der Waals surface area contributed by atoms with E-state index in [0.29, 0.717) is 12.8 Å². The van der Waals surface area contributed by atoms with Crippen molar-refractivity contribution >= 4 is 17.9 Å². The molecule has 112 valence electrons. The van der Waals surface area contributed by atoms with Crippen LogP contribution < -0.4 is 0 Å². The maximum absolute atomic E-state index is 11.8. The Labute approximate surface area is 117 Å². The summed E-state index contributed by atoms with van der Waals surface area (Å²) in [6, 6.07) is 0. The van der Waals surface area contributed by atoms with E-state index in [1.165, 1.54) is 6.92 Å². The second kappa shape index (κ2) is 5.64. The Kier molecular flexibility index (Phi) is 4.57. The molecule has 0 aromatic rings. The Hall–Kier alpha value is -1.85. The molecule has 3 unspecified atom stereocenters. The summed E-state index contributed by atoms with van der Waals surface area (Å²) in [7, 11) is 0. The summed E-state index contributed by atoms with van der Waals surface area (Å²) < 4.78 is 5.12. The molecule has 1 saturated carbocycles. The van der Waals surface area contributed by atoms with Crippen LogP contribution in [0.15, 0.2) is 12.7 Å². The summed E-state index contributed by atoms with van der Waals surface area (Å²) in [4.78, 5) is 34.8. The summed E-state index contributed by atoms with van der Waals surface area (Å²) in [5.74, 6) is -3.16. The van der Waals surface area contributed by atoms with Crippen molar-refractivity contribution in [1.29, 1.82) is 0 Å². The number of carboxylic acid groups (broad SMARTS) is 2. The fourth-order valence-electron chi connectivity index (χ4n) is 3.18. The standard InChI is InChI=1S/C14H20O6/c1-4-10(15)20-9-7-6-8-14(5-2,12(18)19)13(9,3)11(16)17/h4,9H,1,5-8H2,2-3H3,(H,16,17)(H,18,19). The number of aliphatic carboxylic acids is 2. The number of carbonyl (C=O) groups is 3. The molecule has 6 heteroatoms. The minimum absolute atomic E-state index is 0.160. The van der Waals surface area contributed by atoms with Crippen molar-refractivity contribution in [2.75, 3.05) is 0 Å². The van der Waals surface area contributed by atoms with E-state index in [1.54, 1.807) is 6.92 Å². The van der Waals surface area contributed by atoms with Crippen LogP contribution in [0.3, 0.4) is 0 Å². The SMILES string of the molecule is C=CC(=O)OC1CCCC(CC)(C(=O)O)C1(C)C(=O)O. The second-order valence-corrected chi connectivity index (χ2v) is 5.27. The third-order valence-corrected chi connectivity index (χ3v) is 4.59. The molecule has 0 radical (unpaired) electrons. The molecule has 0 amide bonds. The summed E-state index contributed by atoms with van der Waals surface area (Å²) in [5, 5.41) is 19.1. The van der Waals surface area contributed by atoms with Crippen LogP contribution in [-0.2, 0) is 19.1 Å². The fourth-order valence-corrected chi connectivity index (χ4v) is 3.18. The van der Waals surface area contributed by atoms with Gasteiger partial charge < -0.3 is 14.9 Å². The van der Waals surface area contributed by atoms with Crippen LogP contribution in [0.1, 0.15) is 39.5 Å². The molecule has 2 N–H and O–H groups in total. The Morgan fingerprint density at radius 1 is 1.35 bits per heavy atom. The van der Waals surface area contributed by atoms with Gasteiger partial charge in [-0.1, -0.05) is 13.5 Å². The van der Waals surface area contributed by atoms with Crippen LogP contribution in [0.25, 0.3) is 0 Å². The number of esters is 1. The normalized spacial score (nSPS) is 33.2. The van der Waals surface area contributed by atoms with Gasteiger partial charge in [0.25, 0.3) is 0 Å². The van der Waals surface area contributed by atoms with Crippen LogP contribution in [0, 0.1) is 10.8 Å². The molecule has 0 aliphatic heterocycles. The maximum Gasteiger partial charge on any atom is 0.330 e. The molecule has 0 saturated heterocycles. The number of rotatable bonds is 5. The van der Waals surface area contributed by atoms with E-state index in [0.717, 1.165) is 6.08 Å². The van der Waals surface area contributed by atoms with E-state index in [1.807, 2.05) is 0 Å². The first-order valence-corrected chi connectivity index (χ1v) is 6.56. The molecule has 20 heavy (non-hydrogen) atoms. The predicted molar refractivity (Wildman–Crippen MR) is 70.0 cm³/mol. The Morgan fingerprint density at radius 2 is 1.95 bits per heavy atom. The highest BCUT2D eigenvalue weighted by Gasteiger charge is 2.64. The van der Waals surface area contributed by atoms with Crippen molar-refractivity contribution in [3.63, 3.8) is 0 Å². The summed E-state index contributed by atoms with van der Waals surface area (Å²) >= 11 is 0. The van der Waals surface area contributed by atoms with E-state index in [9.17, 15) is 24.6 Å². The van der Waals surface area contributed by atoms with Crippen LogP contribution in [0.2, 0.25) is 0 Å². The second-order valence-electron chi connectivity index (χ2n) is 5.27. The lowest BCUT2D eigenvalue weighted by Crippen LogP contribution is -2.60. The van der Waals surface area contributed by atoms with E-state index < -0.39 is 34.8 Å². The third kappa shape index (κ3) is 2.19. The topological polar surface area (TPSA) is 101 Å². The average Bonchev–Trinajstić information content (AvgIpc) is 2.40. The molecule has 1 aliphatic carbocycles. The van der Waals surface area contributed by atoms with Crippen molar-refractivity contribution in [2.45, 2.75) is 45.6 Å². The molecule has 0 aromatic heterocycles. The predicted octanol–water partition coefficient (Wildman–Crippen LogP) is 1.84. The minimum Gasteiger partial charge on any atom is -0.481 e. The first kappa shape index (κ1) is 16.2. The van der Waals surface area contributed by atoms with Gasteiger partial charge in [0, 0.05) is 6.08 Å². The van der Waals surface area contributed by atoms with Crippen LogP contribution in [0.4, 0.5) is 0 Å². The van der Waals surface area contributed by atoms with Gasteiger partial charge in [-0.25, -0.2) is 4.79 Å². The van der Waals surface area contributed by atoms with Gasteiger partial charge in [0.05, 0.1) is 5.41 Å². The molecule has 1 fully saturated rings. The van der Waals surface area contributed by atoms with Gasteiger partial charge in [-0.3, -0.25) is 9.59 Å². The van der Waals surface area contributed by atoms with Gasteiger partial charge in [0.15, 0.2) is 0 Å². The highest BCUT2D eigenvalue weighted by molar-refractivity contribution is 5.88. The number of hydrogen-bond donors (Lipinski definition) is 2. The molecule has 0 heterocycles. The molecular weight excluding hydrogens is 264 g/mol. The summed E-state index contributed by atoms with van der Waals surface area (Å²) in [5.41, 5.74) is -3.10. The quantitative estimate of drug-likeness (QED) is 0.590. The molecular formula is C14H20O6. The molecule has 0 bridgehead atoms. The zero-order chi connectivity index (χ0) is 15.6. The largest absolute Gasteiger partial charge is 0.481 e. The Bertz CT molecular complexity index is 443. The Morgan fingerprint density at radius 3 is 2.35 bits per heavy atom. The van der Waals surface area contributed by atoms with Gasteiger partial charge >= 0.3 is 17.9 Å². The average molecular weight is 284 g/mol. The van der Waals surface area contributed by atoms with Crippen molar-refractivity contribution in [3.05, 3.63) is 12.7 Å². The van der Waals surface area contributed by atoms with E-state index in [4.69, 9.17) is 4.74 Å². The van der Waals surface area contributed by atoms with E-state index in [2.05, 4.69) is 6.58 Å². The maximum atomic E-state index is 11.8. The van der Waals surface area contributed by atoms with Crippen LogP contribution >= 0.6 is 0 Å². The first-order chi connectivity index (χ1) is 9.26. The zero-order valence-electron chi connectivity index (χ0n) is 11.7. The Balaban J connectivity index is 3.33. The van der Waals surface area contributed by atoms with Crippen molar-refractivity contribution in [3.8, 4) is 0 Å². The minimum atomic E-state index is -1.66. The van der Waals surface area contributed by atoms with Gasteiger partial charge in [-0.2, -0.15) is 0 Å². The van der Waals surface area contributed by atoms with Crippen LogP contribution in [-0.4, -0.2) is 34.2 Å². The van der Waals surface area contributed by atoms with Gasteiger partial charge in [-0.15, -0.1) is 0 Å². The molecule has 1 rings (SSSR count). The van der Waals surface area contributed by atoms with Crippen molar-refractivity contribution < 1.29 is 29.3 Å². The van der Waals surface area contributed by atoms with Crippen molar-refractivity contribution in [2.24, 2.45) is 10.8 Å². The molecule has 0 spiro atoms. The third-order valence-electron chi connectivity index (χ3n) is 4.59. The number of carbonyl (C=O) groups excluding carboxylic acids is 1. The lowest BCUT2D eigenvalue weighted by atomic mass is 9.54. The van der Waals surface area contributed by atoms with E-state index in [-0.39, 0.29) is 12.8 Å². The highest BCUT2D eigenvalue weighted by atomic mass is 16.5. The molecule has 3 atom stereocenters.